The Hall–Kier alpha value is -1.86. The number of carbonyl (C=O) groups excluding carboxylic acids is 1. The third-order valence-electron chi connectivity index (χ3n) is 3.81. The fourth-order valence-electron chi connectivity index (χ4n) is 2.69. The molecule has 1 heterocycles. The van der Waals surface area contributed by atoms with Crippen LogP contribution in [0.5, 0.6) is 0 Å². The topological polar surface area (TPSA) is 78.7 Å². The summed E-state index contributed by atoms with van der Waals surface area (Å²) in [5.41, 5.74) is 0.795. The van der Waals surface area contributed by atoms with Gasteiger partial charge in [0.05, 0.1) is 22.2 Å². The fraction of sp³-hybridized carbons (Fsp3) is 0.533. The third kappa shape index (κ3) is 4.80. The SMILES string of the molecule is CCNC(=O)CN1CCCN(c2ccc([N+](=O)[O-])cc2Cl)CC1. The van der Waals surface area contributed by atoms with Crippen LogP contribution in [0.1, 0.15) is 13.3 Å². The van der Waals surface area contributed by atoms with Crippen LogP contribution in [0.3, 0.4) is 0 Å². The first-order valence-corrected chi connectivity index (χ1v) is 8.07. The highest BCUT2D eigenvalue weighted by Crippen LogP contribution is 2.30. The highest BCUT2D eigenvalue weighted by atomic mass is 35.5. The second-order valence-corrected chi connectivity index (χ2v) is 5.87. The third-order valence-corrected chi connectivity index (χ3v) is 4.12. The number of benzene rings is 1. The summed E-state index contributed by atoms with van der Waals surface area (Å²) in [7, 11) is 0. The molecule has 1 aliphatic rings. The van der Waals surface area contributed by atoms with Crippen molar-refractivity contribution in [3.63, 3.8) is 0 Å². The molecule has 1 fully saturated rings. The molecule has 0 spiro atoms. The van der Waals surface area contributed by atoms with E-state index in [0.717, 1.165) is 38.3 Å². The average Bonchev–Trinajstić information content (AvgIpc) is 2.73. The minimum absolute atomic E-state index is 0.00793. The number of carbonyl (C=O) groups is 1. The molecular weight excluding hydrogens is 320 g/mol. The van der Waals surface area contributed by atoms with Crippen LogP contribution in [0.2, 0.25) is 5.02 Å². The Morgan fingerprint density at radius 2 is 2.13 bits per heavy atom. The van der Waals surface area contributed by atoms with Gasteiger partial charge >= 0.3 is 0 Å². The Kier molecular flexibility index (Phi) is 6.18. The summed E-state index contributed by atoms with van der Waals surface area (Å²) in [4.78, 5) is 26.2. The van der Waals surface area contributed by atoms with Gasteiger partial charge < -0.3 is 10.2 Å². The molecule has 0 saturated carbocycles. The second-order valence-electron chi connectivity index (χ2n) is 5.46. The van der Waals surface area contributed by atoms with Crippen LogP contribution in [-0.4, -0.2) is 55.0 Å². The zero-order valence-corrected chi connectivity index (χ0v) is 13.9. The number of nitrogens with one attached hydrogen (secondary N) is 1. The van der Waals surface area contributed by atoms with Gasteiger partial charge in [-0.2, -0.15) is 0 Å². The van der Waals surface area contributed by atoms with Gasteiger partial charge in [0.1, 0.15) is 0 Å². The maximum Gasteiger partial charge on any atom is 0.271 e. The molecule has 7 nitrogen and oxygen atoms in total. The number of anilines is 1. The summed E-state index contributed by atoms with van der Waals surface area (Å²) < 4.78 is 0. The van der Waals surface area contributed by atoms with E-state index >= 15 is 0 Å². The molecule has 8 heteroatoms. The number of non-ortho nitro benzene ring substituents is 1. The van der Waals surface area contributed by atoms with Crippen LogP contribution < -0.4 is 10.2 Å². The Labute approximate surface area is 140 Å². The monoisotopic (exact) mass is 340 g/mol. The molecule has 1 aromatic carbocycles. The van der Waals surface area contributed by atoms with Crippen molar-refractivity contribution < 1.29 is 9.72 Å². The van der Waals surface area contributed by atoms with E-state index in [9.17, 15) is 14.9 Å². The van der Waals surface area contributed by atoms with Gasteiger partial charge in [-0.15, -0.1) is 0 Å². The van der Waals surface area contributed by atoms with Crippen molar-refractivity contribution in [2.24, 2.45) is 0 Å². The first kappa shape index (κ1) is 17.5. The number of likely N-dealkylation sites (N-methyl/N-ethyl adjacent to an activating group) is 1. The minimum Gasteiger partial charge on any atom is -0.369 e. The fourth-order valence-corrected chi connectivity index (χ4v) is 2.99. The van der Waals surface area contributed by atoms with Crippen LogP contribution in [0.4, 0.5) is 11.4 Å². The number of hydrogen-bond acceptors (Lipinski definition) is 5. The van der Waals surface area contributed by atoms with Gasteiger partial charge in [0.25, 0.3) is 5.69 Å². The first-order chi connectivity index (χ1) is 11.0. The molecular formula is C15H21ClN4O3. The molecule has 0 unspecified atom stereocenters. The number of nitro benzene ring substituents is 1. The number of nitrogens with zero attached hydrogens (tertiary/aromatic N) is 3. The number of halogens is 1. The molecule has 1 N–H and O–H groups in total. The van der Waals surface area contributed by atoms with Crippen LogP contribution in [-0.2, 0) is 4.79 Å². The Bertz CT molecular complexity index is 582. The zero-order valence-electron chi connectivity index (χ0n) is 13.1. The molecule has 1 saturated heterocycles. The van der Waals surface area contributed by atoms with Gasteiger partial charge in [-0.1, -0.05) is 11.6 Å². The number of amides is 1. The van der Waals surface area contributed by atoms with Crippen molar-refractivity contribution in [2.75, 3.05) is 44.2 Å². The number of nitro groups is 1. The molecule has 0 bridgehead atoms. The smallest absolute Gasteiger partial charge is 0.271 e. The van der Waals surface area contributed by atoms with Gasteiger partial charge in [0.2, 0.25) is 5.91 Å². The van der Waals surface area contributed by atoms with Crippen molar-refractivity contribution in [2.45, 2.75) is 13.3 Å². The van der Waals surface area contributed by atoms with Crippen LogP contribution >= 0.6 is 11.6 Å². The normalized spacial score (nSPS) is 16.0. The Morgan fingerprint density at radius 3 is 2.78 bits per heavy atom. The van der Waals surface area contributed by atoms with Crippen molar-refractivity contribution in [1.29, 1.82) is 0 Å². The van der Waals surface area contributed by atoms with Gasteiger partial charge in [0, 0.05) is 44.9 Å². The van der Waals surface area contributed by atoms with Crippen LogP contribution in [0, 0.1) is 10.1 Å². The predicted octanol–water partition coefficient (Wildman–Crippen LogP) is 1.90. The lowest BCUT2D eigenvalue weighted by Gasteiger charge is -2.24. The average molecular weight is 341 g/mol. The zero-order chi connectivity index (χ0) is 16.8. The van der Waals surface area contributed by atoms with Gasteiger partial charge in [0.15, 0.2) is 0 Å². The van der Waals surface area contributed by atoms with E-state index < -0.39 is 4.92 Å². The van der Waals surface area contributed by atoms with E-state index in [1.54, 1.807) is 6.07 Å². The van der Waals surface area contributed by atoms with E-state index in [2.05, 4.69) is 15.1 Å². The number of hydrogen-bond donors (Lipinski definition) is 1. The van der Waals surface area contributed by atoms with E-state index in [-0.39, 0.29) is 11.6 Å². The van der Waals surface area contributed by atoms with E-state index in [1.165, 1.54) is 12.1 Å². The van der Waals surface area contributed by atoms with Gasteiger partial charge in [-0.05, 0) is 19.4 Å². The highest BCUT2D eigenvalue weighted by Gasteiger charge is 2.19. The molecule has 1 aromatic rings. The summed E-state index contributed by atoms with van der Waals surface area (Å²) in [6, 6.07) is 4.55. The van der Waals surface area contributed by atoms with Crippen molar-refractivity contribution in [1.82, 2.24) is 10.2 Å². The largest absolute Gasteiger partial charge is 0.369 e. The molecule has 0 aromatic heterocycles. The minimum atomic E-state index is -0.452. The second kappa shape index (κ2) is 8.12. The van der Waals surface area contributed by atoms with E-state index in [1.807, 2.05) is 6.92 Å². The molecule has 1 aliphatic heterocycles. The quantitative estimate of drug-likeness (QED) is 0.654. The molecule has 2 rings (SSSR count). The maximum atomic E-state index is 11.7. The van der Waals surface area contributed by atoms with Crippen molar-refractivity contribution in [3.8, 4) is 0 Å². The van der Waals surface area contributed by atoms with Crippen molar-refractivity contribution in [3.05, 3.63) is 33.3 Å². The summed E-state index contributed by atoms with van der Waals surface area (Å²) in [6.07, 6.45) is 0.909. The predicted molar refractivity (Wildman–Crippen MR) is 90.1 cm³/mol. The maximum absolute atomic E-state index is 11.7. The standard InChI is InChI=1S/C15H21ClN4O3/c1-2-17-15(21)11-18-6-3-7-19(9-8-18)14-5-4-12(20(22)23)10-13(14)16/h4-5,10H,2-3,6-9,11H2,1H3,(H,17,21). The summed E-state index contributed by atoms with van der Waals surface area (Å²) >= 11 is 6.20. The highest BCUT2D eigenvalue weighted by molar-refractivity contribution is 6.33. The van der Waals surface area contributed by atoms with Crippen molar-refractivity contribution >= 4 is 28.9 Å². The Morgan fingerprint density at radius 1 is 1.35 bits per heavy atom. The lowest BCUT2D eigenvalue weighted by atomic mass is 10.2. The molecule has 0 radical (unpaired) electrons. The number of rotatable bonds is 5. The molecule has 23 heavy (non-hydrogen) atoms. The Balaban J connectivity index is 2.00. The lowest BCUT2D eigenvalue weighted by Crippen LogP contribution is -2.39. The summed E-state index contributed by atoms with van der Waals surface area (Å²) in [5, 5.41) is 14.0. The molecule has 1 amide bonds. The van der Waals surface area contributed by atoms with Gasteiger partial charge in [-0.25, -0.2) is 0 Å². The molecule has 0 aliphatic carbocycles. The van der Waals surface area contributed by atoms with E-state index in [0.29, 0.717) is 18.1 Å². The molecule has 126 valence electrons. The lowest BCUT2D eigenvalue weighted by molar-refractivity contribution is -0.384. The van der Waals surface area contributed by atoms with E-state index in [4.69, 9.17) is 11.6 Å². The summed E-state index contributed by atoms with van der Waals surface area (Å²) in [5.74, 6) is 0.0364. The molecule has 0 atom stereocenters. The first-order valence-electron chi connectivity index (χ1n) is 7.69. The van der Waals surface area contributed by atoms with Crippen LogP contribution in [0.15, 0.2) is 18.2 Å². The van der Waals surface area contributed by atoms with Gasteiger partial charge in [-0.3, -0.25) is 19.8 Å². The summed E-state index contributed by atoms with van der Waals surface area (Å²) in [6.45, 7) is 6.08. The van der Waals surface area contributed by atoms with Crippen LogP contribution in [0.25, 0.3) is 0 Å².